The summed E-state index contributed by atoms with van der Waals surface area (Å²) in [5.74, 6) is 1.44. The third-order valence-corrected chi connectivity index (χ3v) is 4.43. The van der Waals surface area contributed by atoms with E-state index in [9.17, 15) is 0 Å². The molecule has 0 bridgehead atoms. The van der Waals surface area contributed by atoms with Gasteiger partial charge in [0.25, 0.3) is 0 Å². The van der Waals surface area contributed by atoms with E-state index in [2.05, 4.69) is 46.0 Å². The Morgan fingerprint density at radius 2 is 2.00 bits per heavy atom. The van der Waals surface area contributed by atoms with Gasteiger partial charge in [-0.1, -0.05) is 53.1 Å². The fourth-order valence-electron chi connectivity index (χ4n) is 2.24. The van der Waals surface area contributed by atoms with Crippen LogP contribution in [0.4, 0.5) is 0 Å². The zero-order valence-corrected chi connectivity index (χ0v) is 14.2. The highest BCUT2D eigenvalue weighted by Gasteiger charge is 2.18. The van der Waals surface area contributed by atoms with Gasteiger partial charge < -0.3 is 10.3 Å². The summed E-state index contributed by atoms with van der Waals surface area (Å²) < 4.78 is 6.41. The van der Waals surface area contributed by atoms with Crippen LogP contribution in [0.2, 0.25) is 0 Å². The molecule has 0 aliphatic heterocycles. The normalized spacial score (nSPS) is 11.8. The van der Waals surface area contributed by atoms with Gasteiger partial charge in [-0.05, 0) is 36.4 Å². The van der Waals surface area contributed by atoms with Gasteiger partial charge in [-0.3, -0.25) is 0 Å². The lowest BCUT2D eigenvalue weighted by molar-refractivity contribution is 0.289. The van der Waals surface area contributed by atoms with Crippen LogP contribution < -0.4 is 5.73 Å². The van der Waals surface area contributed by atoms with E-state index in [1.807, 2.05) is 18.2 Å². The maximum Gasteiger partial charge on any atom is 0.226 e. The minimum Gasteiger partial charge on any atom is -0.339 e. The second kappa shape index (κ2) is 7.18. The van der Waals surface area contributed by atoms with Gasteiger partial charge in [0.05, 0.1) is 0 Å². The van der Waals surface area contributed by atoms with Gasteiger partial charge in [-0.15, -0.1) is 0 Å². The summed E-state index contributed by atoms with van der Waals surface area (Å²) in [6.45, 7) is 5.15. The molecule has 0 saturated heterocycles. The summed E-state index contributed by atoms with van der Waals surface area (Å²) in [6.07, 6.45) is 3.49. The topological polar surface area (TPSA) is 64.9 Å². The molecule has 1 aromatic carbocycles. The van der Waals surface area contributed by atoms with Crippen LogP contribution >= 0.6 is 15.9 Å². The van der Waals surface area contributed by atoms with Crippen LogP contribution in [0.1, 0.15) is 44.0 Å². The molecule has 0 radical (unpaired) electrons. The third-order valence-electron chi connectivity index (χ3n) is 3.65. The van der Waals surface area contributed by atoms with Crippen molar-refractivity contribution in [3.63, 3.8) is 0 Å². The molecule has 1 aromatic heterocycles. The van der Waals surface area contributed by atoms with Crippen molar-refractivity contribution in [3.8, 4) is 0 Å². The number of nitrogens with two attached hydrogens (primary N) is 1. The summed E-state index contributed by atoms with van der Waals surface area (Å²) in [4.78, 5) is 4.48. The van der Waals surface area contributed by atoms with E-state index in [1.165, 1.54) is 0 Å². The molecule has 4 nitrogen and oxygen atoms in total. The molecule has 0 aliphatic rings. The summed E-state index contributed by atoms with van der Waals surface area (Å²) in [6, 6.07) is 8.08. The van der Waals surface area contributed by atoms with E-state index >= 15 is 0 Å². The number of benzene rings is 1. The van der Waals surface area contributed by atoms with Crippen molar-refractivity contribution >= 4 is 15.9 Å². The molecule has 0 atom stereocenters. The van der Waals surface area contributed by atoms with E-state index < -0.39 is 0 Å². The second-order valence-corrected chi connectivity index (χ2v) is 6.93. The molecule has 5 heteroatoms. The van der Waals surface area contributed by atoms with Crippen molar-refractivity contribution in [2.75, 3.05) is 6.54 Å². The van der Waals surface area contributed by atoms with Gasteiger partial charge in [0.2, 0.25) is 5.89 Å². The number of hydrogen-bond donors (Lipinski definition) is 1. The Balaban J connectivity index is 1.94. The molecule has 2 aromatic rings. The Bertz CT molecular complexity index is 580. The summed E-state index contributed by atoms with van der Waals surface area (Å²) in [5, 5.41) is 4.07. The monoisotopic (exact) mass is 351 g/mol. The molecule has 2 N–H and O–H groups in total. The van der Waals surface area contributed by atoms with E-state index in [-0.39, 0.29) is 5.41 Å². The van der Waals surface area contributed by atoms with Crippen molar-refractivity contribution in [1.82, 2.24) is 10.1 Å². The molecule has 0 spiro atoms. The molecule has 2 rings (SSSR count). The molecule has 0 unspecified atom stereocenters. The van der Waals surface area contributed by atoms with Crippen molar-refractivity contribution in [1.29, 1.82) is 0 Å². The van der Waals surface area contributed by atoms with Gasteiger partial charge in [-0.25, -0.2) is 0 Å². The fourth-order valence-corrected chi connectivity index (χ4v) is 2.66. The standard InChI is InChI=1S/C16H22BrN3O/c1-16(2,9-10-18)8-7-15-19-14(20-21-15)11-12-5-3-4-6-13(12)17/h3-6H,7-11,18H2,1-2H3. The van der Waals surface area contributed by atoms with Crippen molar-refractivity contribution in [2.24, 2.45) is 11.1 Å². The molecule has 0 amide bonds. The number of aromatic nitrogens is 2. The SMILES string of the molecule is CC(C)(CCN)CCc1nc(Cc2ccccc2Br)no1. The highest BCUT2D eigenvalue weighted by molar-refractivity contribution is 9.10. The van der Waals surface area contributed by atoms with Crippen LogP contribution in [0.5, 0.6) is 0 Å². The fraction of sp³-hybridized carbons (Fsp3) is 0.500. The van der Waals surface area contributed by atoms with Gasteiger partial charge in [-0.2, -0.15) is 4.98 Å². The predicted molar refractivity (Wildman–Crippen MR) is 87.0 cm³/mol. The Kier molecular flexibility index (Phi) is 5.53. The quantitative estimate of drug-likeness (QED) is 0.825. The molecule has 0 saturated carbocycles. The molecular weight excluding hydrogens is 330 g/mol. The molecule has 0 fully saturated rings. The maximum absolute atomic E-state index is 5.63. The number of hydrogen-bond acceptors (Lipinski definition) is 4. The van der Waals surface area contributed by atoms with Crippen molar-refractivity contribution in [3.05, 3.63) is 46.0 Å². The highest BCUT2D eigenvalue weighted by atomic mass is 79.9. The second-order valence-electron chi connectivity index (χ2n) is 6.08. The van der Waals surface area contributed by atoms with Crippen molar-refractivity contribution < 1.29 is 4.52 Å². The number of aryl methyl sites for hydroxylation is 1. The molecule has 114 valence electrons. The first-order valence-corrected chi connectivity index (χ1v) is 8.04. The lowest BCUT2D eigenvalue weighted by Gasteiger charge is -2.22. The molecule has 1 heterocycles. The first-order chi connectivity index (χ1) is 10.00. The van der Waals surface area contributed by atoms with E-state index in [0.717, 1.165) is 35.1 Å². The highest BCUT2D eigenvalue weighted by Crippen LogP contribution is 2.26. The van der Waals surface area contributed by atoms with Gasteiger partial charge in [0, 0.05) is 17.3 Å². The van der Waals surface area contributed by atoms with Crippen LogP contribution in [-0.4, -0.2) is 16.7 Å². The average molecular weight is 352 g/mol. The van der Waals surface area contributed by atoms with Crippen LogP contribution in [-0.2, 0) is 12.8 Å². The lowest BCUT2D eigenvalue weighted by Crippen LogP contribution is -2.17. The first-order valence-electron chi connectivity index (χ1n) is 7.25. The van der Waals surface area contributed by atoms with Crippen LogP contribution in [0.25, 0.3) is 0 Å². The lowest BCUT2D eigenvalue weighted by atomic mass is 9.84. The molecule has 21 heavy (non-hydrogen) atoms. The van der Waals surface area contributed by atoms with E-state index in [4.69, 9.17) is 10.3 Å². The minimum absolute atomic E-state index is 0.214. The zero-order valence-electron chi connectivity index (χ0n) is 12.6. The maximum atomic E-state index is 5.63. The number of nitrogens with zero attached hydrogens (tertiary/aromatic N) is 2. The Morgan fingerprint density at radius 1 is 1.24 bits per heavy atom. The third kappa shape index (κ3) is 4.93. The van der Waals surface area contributed by atoms with Crippen molar-refractivity contribution in [2.45, 2.75) is 39.5 Å². The number of rotatable bonds is 7. The van der Waals surface area contributed by atoms with Gasteiger partial charge in [0.1, 0.15) is 0 Å². The Morgan fingerprint density at radius 3 is 2.71 bits per heavy atom. The Hall–Kier alpha value is -1.20. The predicted octanol–water partition coefficient (Wildman–Crippen LogP) is 3.73. The van der Waals surface area contributed by atoms with E-state index in [1.54, 1.807) is 0 Å². The minimum atomic E-state index is 0.214. The summed E-state index contributed by atoms with van der Waals surface area (Å²) >= 11 is 3.54. The largest absolute Gasteiger partial charge is 0.339 e. The first kappa shape index (κ1) is 16.2. The van der Waals surface area contributed by atoms with Crippen LogP contribution in [0.3, 0.4) is 0 Å². The zero-order chi connectivity index (χ0) is 15.3. The van der Waals surface area contributed by atoms with Crippen LogP contribution in [0.15, 0.2) is 33.3 Å². The Labute approximate surface area is 134 Å². The molecular formula is C16H22BrN3O. The average Bonchev–Trinajstić information content (AvgIpc) is 2.87. The summed E-state index contributed by atoms with van der Waals surface area (Å²) in [7, 11) is 0. The molecule has 0 aliphatic carbocycles. The smallest absolute Gasteiger partial charge is 0.226 e. The van der Waals surface area contributed by atoms with Gasteiger partial charge in [0.15, 0.2) is 5.82 Å². The summed E-state index contributed by atoms with van der Waals surface area (Å²) in [5.41, 5.74) is 7.01. The van der Waals surface area contributed by atoms with Crippen LogP contribution in [0, 0.1) is 5.41 Å². The number of halogens is 1. The van der Waals surface area contributed by atoms with E-state index in [0.29, 0.717) is 18.9 Å². The van der Waals surface area contributed by atoms with Gasteiger partial charge >= 0.3 is 0 Å².